The number of halogens is 3. The predicted octanol–water partition coefficient (Wildman–Crippen LogP) is 4.22. The third-order valence-corrected chi connectivity index (χ3v) is 3.88. The molecule has 0 saturated heterocycles. The van der Waals surface area contributed by atoms with E-state index in [1.165, 1.54) is 24.1 Å². The van der Waals surface area contributed by atoms with Gasteiger partial charge in [-0.2, -0.15) is 0 Å². The Labute approximate surface area is 172 Å². The number of hydrogen-bond donors (Lipinski definition) is 1. The zero-order chi connectivity index (χ0) is 22.3. The number of hydrogen-bond acceptors (Lipinski definition) is 4. The maximum absolute atomic E-state index is 12.5. The molecule has 0 heterocycles. The fraction of sp³-hybridized carbons (Fsp3) is 0.333. The molecule has 2 amide bonds. The van der Waals surface area contributed by atoms with Gasteiger partial charge in [-0.25, -0.2) is 0 Å². The van der Waals surface area contributed by atoms with E-state index in [9.17, 15) is 22.8 Å². The Hall–Kier alpha value is -3.07. The monoisotopic (exact) mass is 424 g/mol. The van der Waals surface area contributed by atoms with Crippen LogP contribution in [0.25, 0.3) is 0 Å². The van der Waals surface area contributed by atoms with E-state index in [4.69, 9.17) is 4.74 Å². The fourth-order valence-corrected chi connectivity index (χ4v) is 2.45. The Kier molecular flexibility index (Phi) is 7.82. The quantitative estimate of drug-likeness (QED) is 0.689. The van der Waals surface area contributed by atoms with Crippen molar-refractivity contribution < 1.29 is 32.2 Å². The molecule has 0 aliphatic carbocycles. The molecule has 0 bridgehead atoms. The Morgan fingerprint density at radius 1 is 1.03 bits per heavy atom. The summed E-state index contributed by atoms with van der Waals surface area (Å²) in [6.07, 6.45) is -4.68. The van der Waals surface area contributed by atoms with Crippen LogP contribution in [0.1, 0.15) is 29.8 Å². The molecule has 6 nitrogen and oxygen atoms in total. The number of nitrogens with zero attached hydrogens (tertiary/aromatic N) is 1. The second-order valence-corrected chi connectivity index (χ2v) is 6.84. The Morgan fingerprint density at radius 3 is 2.17 bits per heavy atom. The lowest BCUT2D eigenvalue weighted by Crippen LogP contribution is -2.34. The van der Waals surface area contributed by atoms with Gasteiger partial charge in [0.05, 0.1) is 19.3 Å². The van der Waals surface area contributed by atoms with Crippen molar-refractivity contribution in [2.24, 2.45) is 0 Å². The summed E-state index contributed by atoms with van der Waals surface area (Å²) in [7, 11) is 1.48. The highest BCUT2D eigenvalue weighted by Crippen LogP contribution is 2.24. The molecular formula is C21H23F3N2O4. The van der Waals surface area contributed by atoms with E-state index >= 15 is 0 Å². The number of anilines is 1. The van der Waals surface area contributed by atoms with Gasteiger partial charge < -0.3 is 19.7 Å². The molecule has 162 valence electrons. The molecule has 0 aromatic heterocycles. The number of likely N-dealkylation sites (N-methyl/N-ethyl adjacent to an activating group) is 1. The van der Waals surface area contributed by atoms with E-state index in [0.29, 0.717) is 12.2 Å². The third-order valence-electron chi connectivity index (χ3n) is 3.88. The lowest BCUT2D eigenvalue weighted by molar-refractivity contribution is -0.274. The normalized spacial score (nSPS) is 11.3. The largest absolute Gasteiger partial charge is 0.573 e. The average molecular weight is 424 g/mol. The van der Waals surface area contributed by atoms with Gasteiger partial charge in [-0.1, -0.05) is 12.1 Å². The fourth-order valence-electron chi connectivity index (χ4n) is 2.45. The summed E-state index contributed by atoms with van der Waals surface area (Å²) in [4.78, 5) is 25.9. The number of alkyl halides is 3. The lowest BCUT2D eigenvalue weighted by Gasteiger charge is -2.17. The average Bonchev–Trinajstić information content (AvgIpc) is 2.66. The molecule has 0 aliphatic heterocycles. The molecule has 2 rings (SSSR count). The van der Waals surface area contributed by atoms with Crippen LogP contribution < -0.4 is 10.1 Å². The highest BCUT2D eigenvalue weighted by molar-refractivity contribution is 5.99. The third kappa shape index (κ3) is 7.75. The van der Waals surface area contributed by atoms with Crippen LogP contribution >= 0.6 is 0 Å². The molecule has 0 aliphatic rings. The molecule has 2 aromatic rings. The number of ether oxygens (including phenoxy) is 2. The van der Waals surface area contributed by atoms with Crippen molar-refractivity contribution in [2.75, 3.05) is 18.9 Å². The summed E-state index contributed by atoms with van der Waals surface area (Å²) in [6, 6.07) is 11.6. The molecule has 0 saturated carbocycles. The first-order valence-corrected chi connectivity index (χ1v) is 9.15. The molecule has 0 spiro atoms. The zero-order valence-electron chi connectivity index (χ0n) is 16.8. The van der Waals surface area contributed by atoms with E-state index in [-0.39, 0.29) is 24.2 Å². The van der Waals surface area contributed by atoms with Crippen LogP contribution in [0.3, 0.4) is 0 Å². The van der Waals surface area contributed by atoms with Crippen molar-refractivity contribution in [3.63, 3.8) is 0 Å². The van der Waals surface area contributed by atoms with Crippen LogP contribution in [0.4, 0.5) is 18.9 Å². The van der Waals surface area contributed by atoms with Crippen LogP contribution in [0.2, 0.25) is 0 Å². The van der Waals surface area contributed by atoms with E-state index in [1.54, 1.807) is 24.3 Å². The van der Waals surface area contributed by atoms with Crippen LogP contribution in [0.5, 0.6) is 5.75 Å². The molecule has 2 aromatic carbocycles. The van der Waals surface area contributed by atoms with E-state index in [1.807, 2.05) is 13.8 Å². The summed E-state index contributed by atoms with van der Waals surface area (Å²) in [6.45, 7) is 4.08. The number of carbonyl (C=O) groups excluding carboxylic acids is 2. The van der Waals surface area contributed by atoms with Crippen molar-refractivity contribution in [1.82, 2.24) is 4.90 Å². The second-order valence-electron chi connectivity index (χ2n) is 6.84. The Bertz CT molecular complexity index is 850. The standard InChI is InChI=1S/C21H23F3N2O4/c1-14(2)29-13-15-4-6-16(7-5-15)20(28)26(3)12-19(27)25-17-8-10-18(11-9-17)30-21(22,23)24/h4-11,14H,12-13H2,1-3H3,(H,25,27). The molecular weight excluding hydrogens is 401 g/mol. The minimum absolute atomic E-state index is 0.101. The first-order chi connectivity index (χ1) is 14.0. The molecule has 0 fully saturated rings. The van der Waals surface area contributed by atoms with Crippen molar-refractivity contribution in [3.05, 3.63) is 59.7 Å². The maximum Gasteiger partial charge on any atom is 0.573 e. The molecule has 9 heteroatoms. The number of rotatable bonds is 8. The smallest absolute Gasteiger partial charge is 0.406 e. The topological polar surface area (TPSA) is 67.9 Å². The Balaban J connectivity index is 1.88. The SMILES string of the molecule is CC(C)OCc1ccc(C(=O)N(C)CC(=O)Nc2ccc(OC(F)(F)F)cc2)cc1. The van der Waals surface area contributed by atoms with Gasteiger partial charge in [0.2, 0.25) is 5.91 Å². The highest BCUT2D eigenvalue weighted by Gasteiger charge is 2.31. The van der Waals surface area contributed by atoms with E-state index in [2.05, 4.69) is 10.1 Å². The summed E-state index contributed by atoms with van der Waals surface area (Å²) >= 11 is 0. The summed E-state index contributed by atoms with van der Waals surface area (Å²) < 4.78 is 45.8. The first kappa shape index (κ1) is 23.2. The van der Waals surface area contributed by atoms with Gasteiger partial charge >= 0.3 is 6.36 Å². The van der Waals surface area contributed by atoms with Crippen LogP contribution in [-0.2, 0) is 16.1 Å². The second kappa shape index (κ2) is 10.1. The van der Waals surface area contributed by atoms with Crippen LogP contribution in [0.15, 0.2) is 48.5 Å². The molecule has 30 heavy (non-hydrogen) atoms. The zero-order valence-corrected chi connectivity index (χ0v) is 16.8. The number of nitrogens with one attached hydrogen (secondary N) is 1. The van der Waals surface area contributed by atoms with Gasteiger partial charge in [-0.05, 0) is 55.8 Å². The number of benzene rings is 2. The van der Waals surface area contributed by atoms with Crippen molar-refractivity contribution in [3.8, 4) is 5.75 Å². The minimum Gasteiger partial charge on any atom is -0.406 e. The number of amides is 2. The molecule has 0 atom stereocenters. The highest BCUT2D eigenvalue weighted by atomic mass is 19.4. The summed E-state index contributed by atoms with van der Waals surface area (Å²) in [5.41, 5.74) is 1.63. The summed E-state index contributed by atoms with van der Waals surface area (Å²) in [5, 5.41) is 2.52. The van der Waals surface area contributed by atoms with E-state index < -0.39 is 18.0 Å². The molecule has 0 unspecified atom stereocenters. The van der Waals surface area contributed by atoms with Crippen molar-refractivity contribution in [1.29, 1.82) is 0 Å². The lowest BCUT2D eigenvalue weighted by atomic mass is 10.1. The van der Waals surface area contributed by atoms with Crippen LogP contribution in [0, 0.1) is 0 Å². The van der Waals surface area contributed by atoms with E-state index in [0.717, 1.165) is 17.7 Å². The van der Waals surface area contributed by atoms with Gasteiger partial charge in [0, 0.05) is 18.3 Å². The first-order valence-electron chi connectivity index (χ1n) is 9.15. The predicted molar refractivity (Wildman–Crippen MR) is 105 cm³/mol. The van der Waals surface area contributed by atoms with Gasteiger partial charge in [0.25, 0.3) is 5.91 Å². The number of carbonyl (C=O) groups is 2. The molecule has 0 radical (unpaired) electrons. The molecule has 1 N–H and O–H groups in total. The van der Waals surface area contributed by atoms with Crippen LogP contribution in [-0.4, -0.2) is 42.8 Å². The van der Waals surface area contributed by atoms with Gasteiger partial charge in [0.1, 0.15) is 5.75 Å². The Morgan fingerprint density at radius 2 is 1.63 bits per heavy atom. The van der Waals surface area contributed by atoms with Crippen molar-refractivity contribution in [2.45, 2.75) is 32.9 Å². The van der Waals surface area contributed by atoms with Crippen molar-refractivity contribution >= 4 is 17.5 Å². The minimum atomic E-state index is -4.78. The van der Waals surface area contributed by atoms with Gasteiger partial charge in [0.15, 0.2) is 0 Å². The maximum atomic E-state index is 12.5. The van der Waals surface area contributed by atoms with Gasteiger partial charge in [-0.3, -0.25) is 9.59 Å². The van der Waals surface area contributed by atoms with Gasteiger partial charge in [-0.15, -0.1) is 13.2 Å². The summed E-state index contributed by atoms with van der Waals surface area (Å²) in [5.74, 6) is -1.22.